The molecule has 0 heterocycles. The molecule has 18 heavy (non-hydrogen) atoms. The van der Waals surface area contributed by atoms with Crippen molar-refractivity contribution in [3.8, 4) is 12.3 Å². The molecular formula is C15H17NO2. The fourth-order valence-electron chi connectivity index (χ4n) is 2.64. The Morgan fingerprint density at radius 2 is 1.89 bits per heavy atom. The molecule has 1 aromatic rings. The van der Waals surface area contributed by atoms with Crippen molar-refractivity contribution in [2.45, 2.75) is 37.1 Å². The molecule has 1 saturated carbocycles. The van der Waals surface area contributed by atoms with E-state index >= 15 is 0 Å². The minimum atomic E-state index is -0.789. The van der Waals surface area contributed by atoms with Gasteiger partial charge in [-0.15, -0.1) is 6.42 Å². The molecule has 1 fully saturated rings. The summed E-state index contributed by atoms with van der Waals surface area (Å²) >= 11 is 0. The Balaban J connectivity index is 2.35. The fraction of sp³-hybridized carbons (Fsp3) is 0.400. The minimum Gasteiger partial charge on any atom is -0.481 e. The summed E-state index contributed by atoms with van der Waals surface area (Å²) in [4.78, 5) is 11.7. The molecule has 1 aromatic carbocycles. The van der Waals surface area contributed by atoms with Crippen molar-refractivity contribution in [1.82, 2.24) is 0 Å². The van der Waals surface area contributed by atoms with E-state index in [1.165, 1.54) is 0 Å². The van der Waals surface area contributed by atoms with Crippen LogP contribution in [-0.2, 0) is 10.2 Å². The highest BCUT2D eigenvalue weighted by molar-refractivity contribution is 5.81. The quantitative estimate of drug-likeness (QED) is 0.780. The Morgan fingerprint density at radius 3 is 2.33 bits per heavy atom. The number of carboxylic acids is 1. The molecule has 0 aromatic heterocycles. The molecule has 0 atom stereocenters. The number of hydrogen-bond donors (Lipinski definition) is 2. The summed E-state index contributed by atoms with van der Waals surface area (Å²) in [5.41, 5.74) is 6.68. The Morgan fingerprint density at radius 1 is 1.33 bits per heavy atom. The Labute approximate surface area is 107 Å². The summed E-state index contributed by atoms with van der Waals surface area (Å²) in [5, 5.41) is 9.57. The summed E-state index contributed by atoms with van der Waals surface area (Å²) < 4.78 is 0. The van der Waals surface area contributed by atoms with Crippen LogP contribution in [0.5, 0.6) is 0 Å². The normalized spacial score (nSPS) is 27.4. The zero-order chi connectivity index (χ0) is 13.2. The second kappa shape index (κ2) is 4.83. The van der Waals surface area contributed by atoms with Crippen LogP contribution in [0, 0.1) is 12.3 Å². The van der Waals surface area contributed by atoms with E-state index < -0.39 is 11.4 Å². The molecule has 2 rings (SSSR count). The molecule has 3 N–H and O–H groups in total. The third-order valence-electron chi connectivity index (χ3n) is 3.90. The van der Waals surface area contributed by atoms with Gasteiger partial charge in [0, 0.05) is 11.6 Å². The third kappa shape index (κ3) is 2.12. The number of nitrogens with two attached hydrogens (primary N) is 1. The smallest absolute Gasteiger partial charge is 0.314 e. The predicted molar refractivity (Wildman–Crippen MR) is 70.1 cm³/mol. The molecule has 3 nitrogen and oxygen atoms in total. The highest BCUT2D eigenvalue weighted by Gasteiger charge is 2.42. The second-order valence-corrected chi connectivity index (χ2v) is 4.95. The van der Waals surface area contributed by atoms with Crippen LogP contribution < -0.4 is 5.73 Å². The molecular weight excluding hydrogens is 226 g/mol. The van der Waals surface area contributed by atoms with Crippen LogP contribution in [0.1, 0.15) is 36.8 Å². The van der Waals surface area contributed by atoms with Crippen LogP contribution in [0.3, 0.4) is 0 Å². The van der Waals surface area contributed by atoms with Gasteiger partial charge in [0.05, 0.1) is 5.41 Å². The number of hydrogen-bond acceptors (Lipinski definition) is 2. The van der Waals surface area contributed by atoms with Gasteiger partial charge < -0.3 is 10.8 Å². The first-order chi connectivity index (χ1) is 8.58. The third-order valence-corrected chi connectivity index (χ3v) is 3.90. The van der Waals surface area contributed by atoms with Gasteiger partial charge in [0.15, 0.2) is 0 Å². The van der Waals surface area contributed by atoms with Gasteiger partial charge in [-0.1, -0.05) is 18.1 Å². The molecule has 0 amide bonds. The van der Waals surface area contributed by atoms with Gasteiger partial charge in [0.25, 0.3) is 0 Å². The van der Waals surface area contributed by atoms with Gasteiger partial charge in [-0.05, 0) is 43.4 Å². The molecule has 0 radical (unpaired) electrons. The van der Waals surface area contributed by atoms with E-state index in [1.807, 2.05) is 12.1 Å². The molecule has 1 aliphatic carbocycles. The Bertz CT molecular complexity index is 476. The second-order valence-electron chi connectivity index (χ2n) is 4.95. The molecule has 94 valence electrons. The largest absolute Gasteiger partial charge is 0.481 e. The maximum absolute atomic E-state index is 11.7. The molecule has 3 heteroatoms. The summed E-state index contributed by atoms with van der Waals surface area (Å²) in [5.74, 6) is 1.78. The molecule has 0 bridgehead atoms. The zero-order valence-corrected chi connectivity index (χ0v) is 10.2. The number of benzene rings is 1. The van der Waals surface area contributed by atoms with E-state index in [-0.39, 0.29) is 6.04 Å². The highest BCUT2D eigenvalue weighted by atomic mass is 16.4. The van der Waals surface area contributed by atoms with Crippen molar-refractivity contribution < 1.29 is 9.90 Å². The van der Waals surface area contributed by atoms with E-state index in [9.17, 15) is 9.90 Å². The lowest BCUT2D eigenvalue weighted by Crippen LogP contribution is -2.42. The zero-order valence-electron chi connectivity index (χ0n) is 10.2. The van der Waals surface area contributed by atoms with Crippen LogP contribution in [0.25, 0.3) is 0 Å². The lowest BCUT2D eigenvalue weighted by molar-refractivity contribution is -0.145. The average molecular weight is 243 g/mol. The SMILES string of the molecule is C#Cc1ccc(C2(C(=O)O)CCC(N)CC2)cc1. The summed E-state index contributed by atoms with van der Waals surface area (Å²) in [6.07, 6.45) is 8.01. The van der Waals surface area contributed by atoms with Crippen LogP contribution in [0.4, 0.5) is 0 Å². The first kappa shape index (κ1) is 12.7. The van der Waals surface area contributed by atoms with E-state index in [0.717, 1.165) is 24.0 Å². The Hall–Kier alpha value is -1.79. The van der Waals surface area contributed by atoms with E-state index in [2.05, 4.69) is 5.92 Å². The standard InChI is InChI=1S/C15H17NO2/c1-2-11-3-5-12(6-4-11)15(14(17)18)9-7-13(16)8-10-15/h1,3-6,13H,7-10,16H2,(H,17,18). The first-order valence-electron chi connectivity index (χ1n) is 6.14. The van der Waals surface area contributed by atoms with E-state index in [0.29, 0.717) is 12.8 Å². The van der Waals surface area contributed by atoms with Crippen molar-refractivity contribution in [2.75, 3.05) is 0 Å². The van der Waals surface area contributed by atoms with Crippen molar-refractivity contribution in [3.63, 3.8) is 0 Å². The van der Waals surface area contributed by atoms with Crippen molar-refractivity contribution >= 4 is 5.97 Å². The summed E-state index contributed by atoms with van der Waals surface area (Å²) in [7, 11) is 0. The topological polar surface area (TPSA) is 63.3 Å². The van der Waals surface area contributed by atoms with Crippen molar-refractivity contribution in [2.24, 2.45) is 5.73 Å². The monoisotopic (exact) mass is 243 g/mol. The van der Waals surface area contributed by atoms with Gasteiger partial charge in [-0.2, -0.15) is 0 Å². The number of carboxylic acid groups (broad SMARTS) is 1. The number of carbonyl (C=O) groups is 1. The van der Waals surface area contributed by atoms with Crippen molar-refractivity contribution in [3.05, 3.63) is 35.4 Å². The number of aliphatic carboxylic acids is 1. The average Bonchev–Trinajstić information content (AvgIpc) is 2.40. The number of terminal acetylenes is 1. The maximum Gasteiger partial charge on any atom is 0.314 e. The summed E-state index contributed by atoms with van der Waals surface area (Å²) in [6, 6.07) is 7.39. The van der Waals surface area contributed by atoms with E-state index in [1.54, 1.807) is 12.1 Å². The molecule has 0 spiro atoms. The van der Waals surface area contributed by atoms with Gasteiger partial charge in [0.1, 0.15) is 0 Å². The van der Waals surface area contributed by atoms with Crippen LogP contribution in [0.2, 0.25) is 0 Å². The van der Waals surface area contributed by atoms with Gasteiger partial charge in [0.2, 0.25) is 0 Å². The van der Waals surface area contributed by atoms with Crippen molar-refractivity contribution in [1.29, 1.82) is 0 Å². The first-order valence-corrected chi connectivity index (χ1v) is 6.14. The van der Waals surface area contributed by atoms with Gasteiger partial charge in [-0.25, -0.2) is 0 Å². The highest BCUT2D eigenvalue weighted by Crippen LogP contribution is 2.39. The lowest BCUT2D eigenvalue weighted by Gasteiger charge is -2.36. The summed E-state index contributed by atoms with van der Waals surface area (Å²) in [6.45, 7) is 0. The van der Waals surface area contributed by atoms with Crippen LogP contribution in [-0.4, -0.2) is 17.1 Å². The molecule has 0 unspecified atom stereocenters. The van der Waals surface area contributed by atoms with Crippen LogP contribution >= 0.6 is 0 Å². The molecule has 0 saturated heterocycles. The minimum absolute atomic E-state index is 0.127. The maximum atomic E-state index is 11.7. The predicted octanol–water partition coefficient (Wildman–Crippen LogP) is 1.89. The lowest BCUT2D eigenvalue weighted by atomic mass is 9.68. The fourth-order valence-corrected chi connectivity index (χ4v) is 2.64. The van der Waals surface area contributed by atoms with Gasteiger partial charge in [-0.3, -0.25) is 4.79 Å². The Kier molecular flexibility index (Phi) is 3.40. The molecule has 1 aliphatic rings. The van der Waals surface area contributed by atoms with Gasteiger partial charge >= 0.3 is 5.97 Å². The number of rotatable bonds is 2. The molecule has 0 aliphatic heterocycles. The van der Waals surface area contributed by atoms with Crippen LogP contribution in [0.15, 0.2) is 24.3 Å². The van der Waals surface area contributed by atoms with E-state index in [4.69, 9.17) is 12.2 Å².